The maximum absolute atomic E-state index is 12.5. The number of ether oxygens (including phenoxy) is 1. The third-order valence-corrected chi connectivity index (χ3v) is 6.16. The topological polar surface area (TPSA) is 74.2 Å². The van der Waals surface area contributed by atoms with Gasteiger partial charge in [-0.3, -0.25) is 10.1 Å². The number of benzene rings is 1. The predicted molar refractivity (Wildman–Crippen MR) is 116 cm³/mol. The summed E-state index contributed by atoms with van der Waals surface area (Å²) in [4.78, 5) is 13.8. The van der Waals surface area contributed by atoms with Gasteiger partial charge in [0.1, 0.15) is 16.8 Å². The van der Waals surface area contributed by atoms with Crippen molar-refractivity contribution in [2.24, 2.45) is 0 Å². The van der Waals surface area contributed by atoms with E-state index in [1.54, 1.807) is 29.5 Å². The van der Waals surface area contributed by atoms with Gasteiger partial charge in [0.05, 0.1) is 11.7 Å². The van der Waals surface area contributed by atoms with E-state index in [1.165, 1.54) is 4.88 Å². The summed E-state index contributed by atoms with van der Waals surface area (Å²) in [5.74, 6) is 0.338. The highest BCUT2D eigenvalue weighted by molar-refractivity contribution is 7.80. The number of hydrogen-bond acceptors (Lipinski definition) is 5. The van der Waals surface area contributed by atoms with Crippen LogP contribution in [0.15, 0.2) is 24.3 Å². The highest BCUT2D eigenvalue weighted by Gasteiger charge is 2.21. The van der Waals surface area contributed by atoms with Crippen molar-refractivity contribution in [2.75, 3.05) is 5.32 Å². The monoisotopic (exact) mass is 413 g/mol. The molecule has 1 aromatic heterocycles. The van der Waals surface area contributed by atoms with E-state index in [0.717, 1.165) is 37.7 Å². The van der Waals surface area contributed by atoms with E-state index in [0.29, 0.717) is 21.9 Å². The average molecular weight is 414 g/mol. The number of nitrogens with one attached hydrogen (secondary N) is 2. The zero-order valence-corrected chi connectivity index (χ0v) is 17.6. The first-order valence-electron chi connectivity index (χ1n) is 9.45. The molecule has 0 radical (unpaired) electrons. The predicted octanol–water partition coefficient (Wildman–Crippen LogP) is 4.80. The van der Waals surface area contributed by atoms with Gasteiger partial charge in [-0.2, -0.15) is 5.26 Å². The zero-order valence-electron chi connectivity index (χ0n) is 16.0. The van der Waals surface area contributed by atoms with Crippen LogP contribution in [-0.2, 0) is 12.8 Å². The lowest BCUT2D eigenvalue weighted by Gasteiger charge is -2.13. The van der Waals surface area contributed by atoms with Gasteiger partial charge in [0, 0.05) is 10.4 Å². The van der Waals surface area contributed by atoms with Crippen molar-refractivity contribution < 1.29 is 9.53 Å². The number of rotatable bonds is 5. The van der Waals surface area contributed by atoms with Gasteiger partial charge in [-0.05, 0) is 75.0 Å². The molecule has 1 aliphatic rings. The molecule has 1 atom stereocenters. The number of thiocarbonyl (C=S) groups is 1. The van der Waals surface area contributed by atoms with Crippen molar-refractivity contribution in [3.05, 3.63) is 45.8 Å². The fraction of sp³-hybridized carbons (Fsp3) is 0.381. The third-order valence-electron chi connectivity index (χ3n) is 4.75. The van der Waals surface area contributed by atoms with Crippen LogP contribution in [0.1, 0.15) is 59.5 Å². The summed E-state index contributed by atoms with van der Waals surface area (Å²) >= 11 is 6.86. The van der Waals surface area contributed by atoms with Gasteiger partial charge in [-0.25, -0.2) is 0 Å². The number of fused-ring (bicyclic) bond motifs is 1. The van der Waals surface area contributed by atoms with Crippen molar-refractivity contribution in [2.45, 2.75) is 52.1 Å². The molecule has 146 valence electrons. The van der Waals surface area contributed by atoms with Crippen LogP contribution in [0, 0.1) is 11.3 Å². The summed E-state index contributed by atoms with van der Waals surface area (Å²) in [6.45, 7) is 4.03. The number of amides is 1. The lowest BCUT2D eigenvalue weighted by molar-refractivity contribution is 0.0977. The van der Waals surface area contributed by atoms with Crippen LogP contribution in [-0.4, -0.2) is 17.1 Å². The van der Waals surface area contributed by atoms with Crippen molar-refractivity contribution in [3.8, 4) is 11.8 Å². The molecule has 0 fully saturated rings. The quantitative estimate of drug-likeness (QED) is 0.689. The molecule has 7 heteroatoms. The molecule has 0 saturated carbocycles. The molecule has 0 aliphatic heterocycles. The van der Waals surface area contributed by atoms with E-state index < -0.39 is 0 Å². The Bertz CT molecular complexity index is 930. The van der Waals surface area contributed by atoms with Crippen molar-refractivity contribution >= 4 is 39.6 Å². The number of nitriles is 1. The second kappa shape index (κ2) is 9.18. The van der Waals surface area contributed by atoms with Crippen LogP contribution in [0.4, 0.5) is 5.00 Å². The van der Waals surface area contributed by atoms with Crippen LogP contribution in [0.3, 0.4) is 0 Å². The number of nitrogens with zero attached hydrogens (tertiary/aromatic N) is 1. The second-order valence-corrected chi connectivity index (χ2v) is 8.31. The SMILES string of the molecule is CCC(C)Oc1cccc(C(=O)NC(=S)Nc2sc3c(c2C#N)CCCC3)c1. The molecule has 2 aromatic rings. The minimum Gasteiger partial charge on any atom is -0.491 e. The van der Waals surface area contributed by atoms with Crippen LogP contribution < -0.4 is 15.4 Å². The van der Waals surface area contributed by atoms with E-state index in [4.69, 9.17) is 17.0 Å². The van der Waals surface area contributed by atoms with Crippen LogP contribution in [0.5, 0.6) is 5.75 Å². The molecule has 0 spiro atoms. The Balaban J connectivity index is 1.67. The molecule has 1 unspecified atom stereocenters. The lowest BCUT2D eigenvalue weighted by Crippen LogP contribution is -2.34. The fourth-order valence-electron chi connectivity index (χ4n) is 3.11. The Morgan fingerprint density at radius 3 is 2.93 bits per heavy atom. The van der Waals surface area contributed by atoms with Crippen molar-refractivity contribution in [1.29, 1.82) is 5.26 Å². The minimum absolute atomic E-state index is 0.0790. The molecule has 3 rings (SSSR count). The normalized spacial score (nSPS) is 13.8. The van der Waals surface area contributed by atoms with Crippen LogP contribution in [0.25, 0.3) is 0 Å². The molecule has 0 bridgehead atoms. The van der Waals surface area contributed by atoms with E-state index >= 15 is 0 Å². The molecule has 2 N–H and O–H groups in total. The van der Waals surface area contributed by atoms with Gasteiger partial charge in [0.25, 0.3) is 5.91 Å². The number of thiophene rings is 1. The standard InChI is InChI=1S/C21H23N3O2S2/c1-3-13(2)26-15-8-6-7-14(11-15)19(25)23-21(27)24-20-17(12-22)16-9-4-5-10-18(16)28-20/h6-8,11,13H,3-5,9-10H2,1-2H3,(H2,23,24,25,27). The average Bonchev–Trinajstić information content (AvgIpc) is 3.04. The van der Waals surface area contributed by atoms with Crippen LogP contribution >= 0.6 is 23.6 Å². The molecule has 1 amide bonds. The molecular weight excluding hydrogens is 390 g/mol. The molecule has 1 aromatic carbocycles. The van der Waals surface area contributed by atoms with Gasteiger partial charge >= 0.3 is 0 Å². The zero-order chi connectivity index (χ0) is 20.1. The Labute approximate surface area is 174 Å². The summed E-state index contributed by atoms with van der Waals surface area (Å²) in [6, 6.07) is 9.31. The summed E-state index contributed by atoms with van der Waals surface area (Å²) in [5.41, 5.74) is 2.25. The fourth-order valence-corrected chi connectivity index (χ4v) is 4.61. The smallest absolute Gasteiger partial charge is 0.257 e. The molecule has 0 saturated heterocycles. The Kier molecular flexibility index (Phi) is 6.65. The number of carbonyl (C=O) groups is 1. The van der Waals surface area contributed by atoms with Crippen molar-refractivity contribution in [1.82, 2.24) is 5.32 Å². The van der Waals surface area contributed by atoms with E-state index in [-0.39, 0.29) is 17.1 Å². The van der Waals surface area contributed by atoms with E-state index in [9.17, 15) is 10.1 Å². The maximum Gasteiger partial charge on any atom is 0.257 e. The molecule has 1 heterocycles. The second-order valence-electron chi connectivity index (χ2n) is 6.80. The summed E-state index contributed by atoms with van der Waals surface area (Å²) < 4.78 is 5.77. The van der Waals surface area contributed by atoms with Gasteiger partial charge in [0.15, 0.2) is 5.11 Å². The molecule has 28 heavy (non-hydrogen) atoms. The summed E-state index contributed by atoms with van der Waals surface area (Å²) in [7, 11) is 0. The maximum atomic E-state index is 12.5. The largest absolute Gasteiger partial charge is 0.491 e. The Hall–Kier alpha value is -2.43. The summed E-state index contributed by atoms with van der Waals surface area (Å²) in [5, 5.41) is 16.2. The Morgan fingerprint density at radius 1 is 1.39 bits per heavy atom. The van der Waals surface area contributed by atoms with Gasteiger partial charge in [-0.1, -0.05) is 13.0 Å². The van der Waals surface area contributed by atoms with Crippen LogP contribution in [0.2, 0.25) is 0 Å². The van der Waals surface area contributed by atoms with Crippen molar-refractivity contribution in [3.63, 3.8) is 0 Å². The van der Waals surface area contributed by atoms with E-state index in [1.807, 2.05) is 19.9 Å². The third kappa shape index (κ3) is 4.70. The van der Waals surface area contributed by atoms with Gasteiger partial charge < -0.3 is 10.1 Å². The highest BCUT2D eigenvalue weighted by Crippen LogP contribution is 2.37. The number of aryl methyl sites for hydroxylation is 1. The first-order chi connectivity index (χ1) is 13.5. The van der Waals surface area contributed by atoms with E-state index in [2.05, 4.69) is 16.7 Å². The van der Waals surface area contributed by atoms with Gasteiger partial charge in [-0.15, -0.1) is 11.3 Å². The molecule has 5 nitrogen and oxygen atoms in total. The molecule has 1 aliphatic carbocycles. The van der Waals surface area contributed by atoms with Gasteiger partial charge in [0.2, 0.25) is 0 Å². The number of anilines is 1. The first kappa shape index (κ1) is 20.3. The summed E-state index contributed by atoms with van der Waals surface area (Å²) in [6.07, 6.45) is 5.14. The highest BCUT2D eigenvalue weighted by atomic mass is 32.1. The Morgan fingerprint density at radius 2 is 2.18 bits per heavy atom. The minimum atomic E-state index is -0.313. The lowest BCUT2D eigenvalue weighted by atomic mass is 9.96. The number of hydrogen-bond donors (Lipinski definition) is 2. The number of carbonyl (C=O) groups excluding carboxylic acids is 1. The molecular formula is C21H23N3O2S2. The first-order valence-corrected chi connectivity index (χ1v) is 10.7.